The van der Waals surface area contributed by atoms with Crippen molar-refractivity contribution in [2.24, 2.45) is 0 Å². The summed E-state index contributed by atoms with van der Waals surface area (Å²) in [4.78, 5) is 24.2. The van der Waals surface area contributed by atoms with Gasteiger partial charge in [-0.3, -0.25) is 14.9 Å². The number of nitrogens with zero attached hydrogens (tertiary/aromatic N) is 2. The van der Waals surface area contributed by atoms with Crippen molar-refractivity contribution in [2.45, 2.75) is 26.8 Å². The summed E-state index contributed by atoms with van der Waals surface area (Å²) < 4.78 is 0.372. The van der Waals surface area contributed by atoms with Crippen LogP contribution in [0.25, 0.3) is 0 Å². The number of nitro groups is 1. The number of amides is 1. The number of nitro benzene ring substituents is 1. The van der Waals surface area contributed by atoms with Crippen molar-refractivity contribution in [2.75, 3.05) is 6.54 Å². The fourth-order valence-electron chi connectivity index (χ4n) is 1.69. The van der Waals surface area contributed by atoms with Gasteiger partial charge in [-0.25, -0.2) is 0 Å². The predicted octanol–water partition coefficient (Wildman–Crippen LogP) is 3.23. The summed E-state index contributed by atoms with van der Waals surface area (Å²) >= 11 is 3.10. The molecule has 0 bridgehead atoms. The highest BCUT2D eigenvalue weighted by molar-refractivity contribution is 9.10. The summed E-state index contributed by atoms with van der Waals surface area (Å²) in [6.45, 7) is 6.27. The second-order valence-corrected chi connectivity index (χ2v) is 4.96. The lowest BCUT2D eigenvalue weighted by molar-refractivity contribution is -0.385. The fraction of sp³-hybridized carbons (Fsp3) is 0.417. The maximum Gasteiger partial charge on any atom is 0.284 e. The number of carbonyl (C=O) groups is 1. The lowest BCUT2D eigenvalue weighted by atomic mass is 10.1. The lowest BCUT2D eigenvalue weighted by Crippen LogP contribution is -2.36. The van der Waals surface area contributed by atoms with Crippen LogP contribution in [0.5, 0.6) is 0 Å². The Hall–Kier alpha value is -1.43. The number of halogens is 1. The molecule has 1 aromatic carbocycles. The van der Waals surface area contributed by atoms with Gasteiger partial charge >= 0.3 is 0 Å². The number of hydrogen-bond donors (Lipinski definition) is 0. The minimum Gasteiger partial charge on any atom is -0.336 e. The van der Waals surface area contributed by atoms with E-state index in [2.05, 4.69) is 15.9 Å². The number of carbonyl (C=O) groups excluding carboxylic acids is 1. The molecule has 0 heterocycles. The predicted molar refractivity (Wildman–Crippen MR) is 72.6 cm³/mol. The molecule has 1 aromatic rings. The molecule has 0 saturated heterocycles. The Morgan fingerprint density at radius 1 is 1.50 bits per heavy atom. The topological polar surface area (TPSA) is 63.5 Å². The van der Waals surface area contributed by atoms with E-state index in [-0.39, 0.29) is 17.6 Å². The van der Waals surface area contributed by atoms with Gasteiger partial charge in [-0.15, -0.1) is 0 Å². The number of benzene rings is 1. The van der Waals surface area contributed by atoms with E-state index >= 15 is 0 Å². The third kappa shape index (κ3) is 3.07. The third-order valence-corrected chi connectivity index (χ3v) is 3.29. The van der Waals surface area contributed by atoms with E-state index in [1.165, 1.54) is 12.1 Å². The molecular weight excluding hydrogens is 300 g/mol. The van der Waals surface area contributed by atoms with Gasteiger partial charge in [0.2, 0.25) is 0 Å². The molecule has 0 atom stereocenters. The number of hydrogen-bond acceptors (Lipinski definition) is 3. The van der Waals surface area contributed by atoms with Crippen molar-refractivity contribution in [3.63, 3.8) is 0 Å². The van der Waals surface area contributed by atoms with Gasteiger partial charge in [-0.2, -0.15) is 0 Å². The molecule has 98 valence electrons. The fourth-order valence-corrected chi connectivity index (χ4v) is 2.09. The molecule has 0 saturated carbocycles. The molecule has 0 N–H and O–H groups in total. The molecule has 0 aliphatic carbocycles. The van der Waals surface area contributed by atoms with E-state index in [0.717, 1.165) is 0 Å². The molecule has 0 aliphatic heterocycles. The van der Waals surface area contributed by atoms with Crippen LogP contribution in [0.2, 0.25) is 0 Å². The Labute approximate surface area is 114 Å². The standard InChI is InChI=1S/C12H15BrN2O3/c1-4-14(8(2)3)12(16)9-5-6-10(13)11(7-9)15(17)18/h5-8H,4H2,1-3H3. The molecule has 0 radical (unpaired) electrons. The third-order valence-electron chi connectivity index (χ3n) is 2.61. The van der Waals surface area contributed by atoms with Crippen LogP contribution in [-0.2, 0) is 0 Å². The molecule has 1 rings (SSSR count). The van der Waals surface area contributed by atoms with Crippen LogP contribution in [0.15, 0.2) is 22.7 Å². The highest BCUT2D eigenvalue weighted by Gasteiger charge is 2.20. The van der Waals surface area contributed by atoms with Crippen LogP contribution in [0.3, 0.4) is 0 Å². The second-order valence-electron chi connectivity index (χ2n) is 4.11. The van der Waals surface area contributed by atoms with Gasteiger partial charge in [-0.1, -0.05) is 0 Å². The molecule has 1 amide bonds. The number of rotatable bonds is 4. The summed E-state index contributed by atoms with van der Waals surface area (Å²) in [5, 5.41) is 10.8. The van der Waals surface area contributed by atoms with Crippen LogP contribution in [0.4, 0.5) is 5.69 Å². The second kappa shape index (κ2) is 5.95. The lowest BCUT2D eigenvalue weighted by Gasteiger charge is -2.25. The summed E-state index contributed by atoms with van der Waals surface area (Å²) in [6, 6.07) is 4.48. The van der Waals surface area contributed by atoms with Gasteiger partial charge in [0.15, 0.2) is 0 Å². The van der Waals surface area contributed by atoms with Crippen molar-refractivity contribution in [3.05, 3.63) is 38.3 Å². The van der Waals surface area contributed by atoms with Gasteiger partial charge in [0.1, 0.15) is 0 Å². The molecule has 0 fully saturated rings. The first kappa shape index (κ1) is 14.6. The summed E-state index contributed by atoms with van der Waals surface area (Å²) in [5.74, 6) is -0.192. The van der Waals surface area contributed by atoms with Crippen molar-refractivity contribution < 1.29 is 9.72 Å². The first-order chi connectivity index (χ1) is 8.38. The SMILES string of the molecule is CCN(C(=O)c1ccc(Br)c([N+](=O)[O-])c1)C(C)C. The van der Waals surface area contributed by atoms with E-state index in [0.29, 0.717) is 16.6 Å². The first-order valence-electron chi connectivity index (χ1n) is 5.63. The average molecular weight is 315 g/mol. The van der Waals surface area contributed by atoms with Crippen molar-refractivity contribution >= 4 is 27.5 Å². The van der Waals surface area contributed by atoms with Crippen molar-refractivity contribution in [1.29, 1.82) is 0 Å². The molecule has 5 nitrogen and oxygen atoms in total. The van der Waals surface area contributed by atoms with Gasteiger partial charge in [-0.05, 0) is 48.8 Å². The Bertz CT molecular complexity index is 474. The summed E-state index contributed by atoms with van der Waals surface area (Å²) in [5.41, 5.74) is 0.237. The minimum absolute atomic E-state index is 0.0604. The molecular formula is C12H15BrN2O3. The smallest absolute Gasteiger partial charge is 0.284 e. The first-order valence-corrected chi connectivity index (χ1v) is 6.42. The zero-order valence-electron chi connectivity index (χ0n) is 10.5. The Kier molecular flexibility index (Phi) is 4.84. The van der Waals surface area contributed by atoms with Crippen LogP contribution in [0, 0.1) is 10.1 Å². The molecule has 0 spiro atoms. The average Bonchev–Trinajstić information content (AvgIpc) is 2.29. The van der Waals surface area contributed by atoms with Crippen molar-refractivity contribution in [3.8, 4) is 0 Å². The van der Waals surface area contributed by atoms with Gasteiger partial charge < -0.3 is 4.90 Å². The summed E-state index contributed by atoms with van der Waals surface area (Å²) in [7, 11) is 0. The molecule has 0 aliphatic rings. The van der Waals surface area contributed by atoms with E-state index in [9.17, 15) is 14.9 Å². The van der Waals surface area contributed by atoms with Gasteiger partial charge in [0.25, 0.3) is 11.6 Å². The molecule has 0 aromatic heterocycles. The zero-order chi connectivity index (χ0) is 13.9. The highest BCUT2D eigenvalue weighted by atomic mass is 79.9. The minimum atomic E-state index is -0.507. The zero-order valence-corrected chi connectivity index (χ0v) is 12.1. The van der Waals surface area contributed by atoms with Gasteiger partial charge in [0, 0.05) is 24.2 Å². The summed E-state index contributed by atoms with van der Waals surface area (Å²) in [6.07, 6.45) is 0. The maximum atomic E-state index is 12.2. The molecule has 0 unspecified atom stereocenters. The van der Waals surface area contributed by atoms with E-state index in [4.69, 9.17) is 0 Å². The van der Waals surface area contributed by atoms with Crippen LogP contribution in [-0.4, -0.2) is 28.3 Å². The largest absolute Gasteiger partial charge is 0.336 e. The maximum absolute atomic E-state index is 12.2. The molecule has 18 heavy (non-hydrogen) atoms. The van der Waals surface area contributed by atoms with E-state index < -0.39 is 4.92 Å². The van der Waals surface area contributed by atoms with Crippen molar-refractivity contribution in [1.82, 2.24) is 4.90 Å². The Morgan fingerprint density at radius 2 is 2.11 bits per heavy atom. The highest BCUT2D eigenvalue weighted by Crippen LogP contribution is 2.26. The quantitative estimate of drug-likeness (QED) is 0.633. The van der Waals surface area contributed by atoms with Crippen LogP contribution in [0.1, 0.15) is 31.1 Å². The Balaban J connectivity index is 3.14. The van der Waals surface area contributed by atoms with Gasteiger partial charge in [0.05, 0.1) is 9.40 Å². The molecule has 6 heteroatoms. The normalized spacial score (nSPS) is 10.5. The van der Waals surface area contributed by atoms with E-state index in [1.54, 1.807) is 11.0 Å². The van der Waals surface area contributed by atoms with Crippen LogP contribution >= 0.6 is 15.9 Å². The van der Waals surface area contributed by atoms with Crippen LogP contribution < -0.4 is 0 Å². The van der Waals surface area contributed by atoms with E-state index in [1.807, 2.05) is 20.8 Å². The monoisotopic (exact) mass is 314 g/mol. The Morgan fingerprint density at radius 3 is 2.56 bits per heavy atom.